The van der Waals surface area contributed by atoms with Crippen LogP contribution in [0.3, 0.4) is 0 Å². The monoisotopic (exact) mass is 787 g/mol. The summed E-state index contributed by atoms with van der Waals surface area (Å²) in [5.41, 5.74) is 3.41. The molecule has 0 bridgehead atoms. The Morgan fingerprint density at radius 2 is 1.33 bits per heavy atom. The molecule has 2 aromatic carbocycles. The van der Waals surface area contributed by atoms with E-state index in [2.05, 4.69) is 55.2 Å². The molecule has 0 amide bonds. The Balaban J connectivity index is 0.000000180. The number of nitrogens with zero attached hydrogens (tertiary/aromatic N) is 1. The molecule has 1 aromatic heterocycles. The first-order chi connectivity index (χ1) is 21.5. The number of hydrogen-bond donors (Lipinski definition) is 2. The number of fused-ring (bicyclic) bond motifs is 2. The maximum absolute atomic E-state index is 11.4. The fraction of sp³-hybridized carbons (Fsp3) is 0.634. The van der Waals surface area contributed by atoms with Gasteiger partial charge >= 0.3 is 0 Å². The van der Waals surface area contributed by atoms with Crippen molar-refractivity contribution in [3.05, 3.63) is 66.4 Å². The Hall–Kier alpha value is -1.58. The van der Waals surface area contributed by atoms with E-state index in [0.29, 0.717) is 23.7 Å². The van der Waals surface area contributed by atoms with E-state index in [9.17, 15) is 10.2 Å². The van der Waals surface area contributed by atoms with Crippen LogP contribution in [0.2, 0.25) is 0 Å². The van der Waals surface area contributed by atoms with Gasteiger partial charge in [-0.1, -0.05) is 103 Å². The second kappa shape index (κ2) is 16.5. The number of benzene rings is 2. The van der Waals surface area contributed by atoms with E-state index in [4.69, 9.17) is 0 Å². The molecule has 1 radical (unpaired) electrons. The standard InChI is InChI=1S/C23H40O2.C18H16N.Ir/c24-22-19(16-8-3-1-4-9-16)13-7-12-18-14-15-20(23(25)21(18)22)17-10-5-2-6-11-17;1-13(2)16-9-8-14-10-11-19-18(17(14)12-16)15-6-4-3-5-7-15;/h16-25H,1-15H2;3-6,8-13H,1-2H3;/q;-1;/t18?,19-,20-,21?,22?,23?;;/m1../s1. The van der Waals surface area contributed by atoms with Gasteiger partial charge < -0.3 is 15.2 Å². The zero-order valence-corrected chi connectivity index (χ0v) is 30.1. The van der Waals surface area contributed by atoms with Crippen molar-refractivity contribution in [1.29, 1.82) is 0 Å². The zero-order valence-electron chi connectivity index (χ0n) is 27.7. The van der Waals surface area contributed by atoms with Gasteiger partial charge in [0.2, 0.25) is 0 Å². The largest absolute Gasteiger partial charge is 0.392 e. The third kappa shape index (κ3) is 8.11. The summed E-state index contributed by atoms with van der Waals surface area (Å²) >= 11 is 0. The van der Waals surface area contributed by atoms with Gasteiger partial charge in [0, 0.05) is 32.2 Å². The first-order valence-electron chi connectivity index (χ1n) is 18.2. The van der Waals surface area contributed by atoms with Crippen LogP contribution < -0.4 is 0 Å². The molecule has 4 aliphatic rings. The van der Waals surface area contributed by atoms with Gasteiger partial charge in [0.05, 0.1) is 12.2 Å². The summed E-state index contributed by atoms with van der Waals surface area (Å²) in [5.74, 6) is 3.68. The van der Waals surface area contributed by atoms with Gasteiger partial charge in [-0.3, -0.25) is 0 Å². The average Bonchev–Trinajstić information content (AvgIpc) is 3.24. The van der Waals surface area contributed by atoms with E-state index >= 15 is 0 Å². The Labute approximate surface area is 286 Å². The summed E-state index contributed by atoms with van der Waals surface area (Å²) in [4.78, 5) is 4.55. The number of aromatic nitrogens is 1. The molecule has 4 heteroatoms. The molecule has 0 saturated heterocycles. The van der Waals surface area contributed by atoms with Crippen LogP contribution >= 0.6 is 0 Å². The molecule has 6 atom stereocenters. The van der Waals surface area contributed by atoms with Gasteiger partial charge in [-0.25, -0.2) is 0 Å². The zero-order chi connectivity index (χ0) is 30.5. The van der Waals surface area contributed by atoms with Crippen molar-refractivity contribution < 1.29 is 30.3 Å². The first-order valence-corrected chi connectivity index (χ1v) is 18.2. The molecule has 3 nitrogen and oxygen atoms in total. The molecule has 45 heavy (non-hydrogen) atoms. The summed E-state index contributed by atoms with van der Waals surface area (Å²) in [7, 11) is 0. The second-order valence-corrected chi connectivity index (χ2v) is 15.0. The van der Waals surface area contributed by atoms with Gasteiger partial charge in [-0.2, -0.15) is 0 Å². The van der Waals surface area contributed by atoms with Crippen LogP contribution in [0.15, 0.2) is 54.7 Å². The Kier molecular flexibility index (Phi) is 12.7. The predicted octanol–water partition coefficient (Wildman–Crippen LogP) is 10.1. The van der Waals surface area contributed by atoms with Crippen LogP contribution in [0.25, 0.3) is 22.0 Å². The molecule has 4 fully saturated rings. The van der Waals surface area contributed by atoms with E-state index in [-0.39, 0.29) is 38.2 Å². The average molecular weight is 787 g/mol. The maximum Gasteiger partial charge on any atom is 0.0626 e. The quantitative estimate of drug-likeness (QED) is 0.259. The maximum atomic E-state index is 11.4. The van der Waals surface area contributed by atoms with E-state index in [1.165, 1.54) is 113 Å². The fourth-order valence-corrected chi connectivity index (χ4v) is 9.68. The summed E-state index contributed by atoms with van der Waals surface area (Å²) in [5, 5.41) is 25.2. The second-order valence-electron chi connectivity index (χ2n) is 15.0. The van der Waals surface area contributed by atoms with Crippen LogP contribution in [0, 0.1) is 41.6 Å². The van der Waals surface area contributed by atoms with E-state index < -0.39 is 0 Å². The molecule has 4 aliphatic carbocycles. The fourth-order valence-electron chi connectivity index (χ4n) is 9.68. The summed E-state index contributed by atoms with van der Waals surface area (Å²) in [6.07, 6.45) is 21.1. The van der Waals surface area contributed by atoms with E-state index in [1.807, 2.05) is 24.4 Å². The number of rotatable bonds is 4. The normalized spacial score (nSPS) is 29.6. The third-order valence-electron chi connectivity index (χ3n) is 12.1. The summed E-state index contributed by atoms with van der Waals surface area (Å²) in [6, 6.07) is 20.0. The van der Waals surface area contributed by atoms with Gasteiger partial charge in [0.1, 0.15) is 0 Å². The minimum Gasteiger partial charge on any atom is -0.392 e. The molecule has 4 unspecified atom stereocenters. The predicted molar refractivity (Wildman–Crippen MR) is 182 cm³/mol. The number of hydrogen-bond acceptors (Lipinski definition) is 3. The van der Waals surface area contributed by atoms with Crippen LogP contribution in [-0.2, 0) is 20.1 Å². The molecule has 2 N–H and O–H groups in total. The van der Waals surface area contributed by atoms with E-state index in [0.717, 1.165) is 23.1 Å². The smallest absolute Gasteiger partial charge is 0.0626 e. The van der Waals surface area contributed by atoms with Crippen molar-refractivity contribution in [2.45, 2.75) is 128 Å². The number of aliphatic hydroxyl groups is 2. The molecule has 247 valence electrons. The molecule has 1 heterocycles. The van der Waals surface area contributed by atoms with E-state index in [1.54, 1.807) is 0 Å². The summed E-state index contributed by atoms with van der Waals surface area (Å²) < 4.78 is 0. The number of aliphatic hydroxyl groups excluding tert-OH is 2. The Morgan fingerprint density at radius 3 is 1.96 bits per heavy atom. The number of pyridine rings is 1. The Morgan fingerprint density at radius 1 is 0.689 bits per heavy atom. The molecule has 0 spiro atoms. The Bertz CT molecular complexity index is 1320. The van der Waals surface area contributed by atoms with Crippen molar-refractivity contribution >= 4 is 10.8 Å². The first kappa shape index (κ1) is 34.7. The van der Waals surface area contributed by atoms with Crippen molar-refractivity contribution in [1.82, 2.24) is 4.98 Å². The van der Waals surface area contributed by atoms with Crippen molar-refractivity contribution in [3.8, 4) is 11.3 Å². The van der Waals surface area contributed by atoms with Crippen molar-refractivity contribution in [3.63, 3.8) is 0 Å². The molecule has 4 saturated carbocycles. The van der Waals surface area contributed by atoms with Gasteiger partial charge in [-0.15, -0.1) is 35.9 Å². The molecular weight excluding hydrogens is 731 g/mol. The van der Waals surface area contributed by atoms with Crippen molar-refractivity contribution in [2.75, 3.05) is 0 Å². The minimum absolute atomic E-state index is 0. The third-order valence-corrected chi connectivity index (χ3v) is 12.1. The van der Waals surface area contributed by atoms with Gasteiger partial charge in [-0.05, 0) is 89.3 Å². The van der Waals surface area contributed by atoms with Gasteiger partial charge in [0.25, 0.3) is 0 Å². The summed E-state index contributed by atoms with van der Waals surface area (Å²) in [6.45, 7) is 4.43. The van der Waals surface area contributed by atoms with Crippen LogP contribution in [-0.4, -0.2) is 27.4 Å². The molecule has 7 rings (SSSR count). The molecule has 3 aromatic rings. The SMILES string of the molecule is CC(C)c1ccc2ccnc(-c3[c-]cccc3)c2c1.OC1C2C(CCC[C@@H]1C1CCCCC1)CC[C@H](C1CCCCC1)C2O.[Ir]. The topological polar surface area (TPSA) is 53.4 Å². The van der Waals surface area contributed by atoms with Crippen LogP contribution in [0.4, 0.5) is 0 Å². The van der Waals surface area contributed by atoms with Crippen molar-refractivity contribution in [2.24, 2.45) is 35.5 Å². The van der Waals surface area contributed by atoms with Gasteiger partial charge in [0.15, 0.2) is 0 Å². The minimum atomic E-state index is -0.239. The van der Waals surface area contributed by atoms with Crippen LogP contribution in [0.5, 0.6) is 0 Å². The molecule has 0 aliphatic heterocycles. The molecular formula is C41H56IrNO2-. The van der Waals surface area contributed by atoms with Crippen LogP contribution in [0.1, 0.15) is 122 Å².